The van der Waals surface area contributed by atoms with Crippen molar-refractivity contribution >= 4 is 46.6 Å². The van der Waals surface area contributed by atoms with E-state index in [9.17, 15) is 37.1 Å². The molecule has 4 aromatic carbocycles. The highest BCUT2D eigenvalue weighted by molar-refractivity contribution is 6.30. The number of hydrogen-bond acceptors (Lipinski definition) is 7. The fourth-order valence-electron chi connectivity index (χ4n) is 9.10. The van der Waals surface area contributed by atoms with Gasteiger partial charge < -0.3 is 9.84 Å². The molecule has 0 radical (unpaired) electrons. The normalized spacial score (nSPS) is 26.1. The van der Waals surface area contributed by atoms with Gasteiger partial charge in [-0.3, -0.25) is 29.5 Å². The average molecular weight is 774 g/mol. The summed E-state index contributed by atoms with van der Waals surface area (Å²) < 4.78 is 58.9. The van der Waals surface area contributed by atoms with Gasteiger partial charge in [-0.05, 0) is 103 Å². The Morgan fingerprint density at radius 2 is 1.58 bits per heavy atom. The Morgan fingerprint density at radius 1 is 0.891 bits per heavy atom. The van der Waals surface area contributed by atoms with Crippen LogP contribution in [0.5, 0.6) is 11.5 Å². The summed E-state index contributed by atoms with van der Waals surface area (Å²) in [4.78, 5) is 59.7. The number of rotatable bonds is 7. The van der Waals surface area contributed by atoms with Crippen molar-refractivity contribution in [3.8, 4) is 11.5 Å². The van der Waals surface area contributed by atoms with Crippen molar-refractivity contribution in [1.82, 2.24) is 5.01 Å². The molecule has 0 bridgehead atoms. The minimum Gasteiger partial charge on any atom is -0.508 e. The van der Waals surface area contributed by atoms with E-state index >= 15 is 4.79 Å². The molecule has 4 amide bonds. The first-order chi connectivity index (χ1) is 26.2. The highest BCUT2D eigenvalue weighted by Gasteiger charge is 2.70. The second-order valence-electron chi connectivity index (χ2n) is 14.2. The van der Waals surface area contributed by atoms with Crippen molar-refractivity contribution in [3.05, 3.63) is 130 Å². The van der Waals surface area contributed by atoms with Crippen LogP contribution in [0.25, 0.3) is 0 Å². The van der Waals surface area contributed by atoms with Crippen LogP contribution >= 0.6 is 11.6 Å². The minimum atomic E-state index is -5.11. The number of nitrogens with zero attached hydrogens (tertiary/aromatic N) is 2. The fraction of sp³-hybridized carbons (Fsp3) is 0.268. The van der Waals surface area contributed by atoms with Crippen molar-refractivity contribution in [2.75, 3.05) is 10.3 Å². The summed E-state index contributed by atoms with van der Waals surface area (Å²) in [5.74, 6) is -9.56. The first-order valence-electron chi connectivity index (χ1n) is 17.6. The molecule has 6 unspecified atom stereocenters. The molecule has 1 saturated carbocycles. The molecule has 6 atom stereocenters. The Balaban J connectivity index is 1.33. The van der Waals surface area contributed by atoms with E-state index < -0.39 is 82.3 Å². The zero-order valence-corrected chi connectivity index (χ0v) is 29.8. The molecule has 8 rings (SSSR count). The van der Waals surface area contributed by atoms with Crippen molar-refractivity contribution in [2.24, 2.45) is 23.7 Å². The largest absolute Gasteiger partial charge is 0.573 e. The van der Waals surface area contributed by atoms with E-state index in [0.29, 0.717) is 16.3 Å². The second-order valence-corrected chi connectivity index (χ2v) is 14.6. The van der Waals surface area contributed by atoms with Gasteiger partial charge in [0, 0.05) is 16.5 Å². The third-order valence-electron chi connectivity index (χ3n) is 11.4. The third-order valence-corrected chi connectivity index (χ3v) is 11.7. The quantitative estimate of drug-likeness (QED) is 0.112. The number of hydrogen-bond donors (Lipinski definition) is 2. The number of carbonyl (C=O) groups excluding carboxylic acids is 4. The smallest absolute Gasteiger partial charge is 0.508 e. The summed E-state index contributed by atoms with van der Waals surface area (Å²) in [6, 6.07) is 21.0. The number of hydrazine groups is 1. The molecule has 9 nitrogen and oxygen atoms in total. The van der Waals surface area contributed by atoms with Gasteiger partial charge in [0.1, 0.15) is 17.3 Å². The van der Waals surface area contributed by atoms with E-state index in [2.05, 4.69) is 10.2 Å². The van der Waals surface area contributed by atoms with Crippen molar-refractivity contribution in [1.29, 1.82) is 0 Å². The van der Waals surface area contributed by atoms with Crippen molar-refractivity contribution in [2.45, 2.75) is 43.9 Å². The van der Waals surface area contributed by atoms with E-state index in [-0.39, 0.29) is 29.7 Å². The maximum absolute atomic E-state index is 15.2. The molecule has 2 aliphatic heterocycles. The highest BCUT2D eigenvalue weighted by atomic mass is 35.5. The molecule has 0 spiro atoms. The van der Waals surface area contributed by atoms with E-state index in [4.69, 9.17) is 11.6 Å². The lowest BCUT2D eigenvalue weighted by atomic mass is 9.49. The number of allylic oxidation sites excluding steroid dienone is 2. The molecule has 3 fully saturated rings. The van der Waals surface area contributed by atoms with Crippen LogP contribution in [0.2, 0.25) is 5.02 Å². The number of carbonyl (C=O) groups is 4. The summed E-state index contributed by atoms with van der Waals surface area (Å²) in [6.07, 6.45) is -2.73. The van der Waals surface area contributed by atoms with E-state index in [1.54, 1.807) is 30.3 Å². The SMILES string of the molecule is CCc1ccc(N2C(=O)C3CC=C4C(CC5C(=O)N(Nc6ccc(F)cc6)C(=O)C5(c5ccc(Cl)cc5)C4c4cc(OC(F)(F)F)ccc4O)C3C2=O)cc1. The lowest BCUT2D eigenvalue weighted by Crippen LogP contribution is -2.53. The van der Waals surface area contributed by atoms with Gasteiger partial charge in [0.2, 0.25) is 11.8 Å². The second kappa shape index (κ2) is 13.3. The Labute approximate surface area is 317 Å². The predicted octanol–water partition coefficient (Wildman–Crippen LogP) is 7.84. The predicted molar refractivity (Wildman–Crippen MR) is 192 cm³/mol. The van der Waals surface area contributed by atoms with Crippen LogP contribution in [0.1, 0.15) is 42.4 Å². The zero-order chi connectivity index (χ0) is 39.0. The van der Waals surface area contributed by atoms with E-state index in [0.717, 1.165) is 52.2 Å². The van der Waals surface area contributed by atoms with Gasteiger partial charge in [0.25, 0.3) is 11.8 Å². The first kappa shape index (κ1) is 36.3. The number of halogens is 5. The number of aromatic hydroxyl groups is 1. The van der Waals surface area contributed by atoms with Gasteiger partial charge >= 0.3 is 6.36 Å². The van der Waals surface area contributed by atoms with Crippen LogP contribution in [0.3, 0.4) is 0 Å². The summed E-state index contributed by atoms with van der Waals surface area (Å²) >= 11 is 6.29. The van der Waals surface area contributed by atoms with Gasteiger partial charge in [0.05, 0.1) is 34.5 Å². The molecular formula is C41H32ClF4N3O6. The molecule has 4 aromatic rings. The standard InChI is InChI=1S/C41H32ClF4N3O6/c1-2-21-3-13-26(14-4-21)48-36(51)29-17-16-28-30(34(29)38(48)53)20-32-37(52)49(47-25-11-9-24(43)10-12-25)39(54)40(32,22-5-7-23(42)8-6-22)35(28)31-19-27(15-18-33(31)50)55-41(44,45)46/h3-16,18-19,29-30,32,34-35,47,50H,2,17,20H2,1H3. The number of aryl methyl sites for hydroxylation is 1. The monoisotopic (exact) mass is 773 g/mol. The molecular weight excluding hydrogens is 742 g/mol. The number of alkyl halides is 3. The van der Waals surface area contributed by atoms with Crippen LogP contribution in [-0.4, -0.2) is 40.1 Å². The van der Waals surface area contributed by atoms with Crippen LogP contribution in [-0.2, 0) is 31.0 Å². The molecule has 2 heterocycles. The van der Waals surface area contributed by atoms with Crippen LogP contribution < -0.4 is 15.1 Å². The number of imide groups is 2. The minimum absolute atomic E-state index is 0.0433. The number of benzene rings is 4. The third kappa shape index (κ3) is 5.83. The Morgan fingerprint density at radius 3 is 2.24 bits per heavy atom. The first-order valence-corrected chi connectivity index (χ1v) is 18.0. The number of fused-ring (bicyclic) bond motifs is 4. The average Bonchev–Trinajstić information content (AvgIpc) is 3.53. The lowest BCUT2D eigenvalue weighted by Gasteiger charge is -2.50. The zero-order valence-electron chi connectivity index (χ0n) is 29.0. The molecule has 2 N–H and O–H groups in total. The molecule has 0 aromatic heterocycles. The Hall–Kier alpha value is -5.69. The summed E-state index contributed by atoms with van der Waals surface area (Å²) in [5.41, 5.74) is 2.94. The fourth-order valence-corrected chi connectivity index (χ4v) is 9.22. The molecule has 14 heteroatoms. The van der Waals surface area contributed by atoms with Gasteiger partial charge in [-0.25, -0.2) is 4.39 Å². The number of anilines is 2. The van der Waals surface area contributed by atoms with Crippen LogP contribution in [0.15, 0.2) is 103 Å². The highest BCUT2D eigenvalue weighted by Crippen LogP contribution is 2.65. The number of ether oxygens (including phenoxy) is 1. The molecule has 4 aliphatic rings. The van der Waals surface area contributed by atoms with Gasteiger partial charge in [-0.15, -0.1) is 13.2 Å². The van der Waals surface area contributed by atoms with E-state index in [1.165, 1.54) is 24.3 Å². The Bertz CT molecular complexity index is 2260. The topological polar surface area (TPSA) is 116 Å². The van der Waals surface area contributed by atoms with E-state index in [1.807, 2.05) is 19.1 Å². The lowest BCUT2D eigenvalue weighted by molar-refractivity contribution is -0.274. The number of nitrogens with one attached hydrogen (secondary N) is 1. The molecule has 2 aliphatic carbocycles. The Kier molecular flexibility index (Phi) is 8.75. The van der Waals surface area contributed by atoms with Gasteiger partial charge in [0.15, 0.2) is 0 Å². The van der Waals surface area contributed by atoms with Crippen LogP contribution in [0.4, 0.5) is 28.9 Å². The number of amides is 4. The maximum Gasteiger partial charge on any atom is 0.573 e. The van der Waals surface area contributed by atoms with Crippen molar-refractivity contribution in [3.63, 3.8) is 0 Å². The molecule has 55 heavy (non-hydrogen) atoms. The van der Waals surface area contributed by atoms with Crippen LogP contribution in [0, 0.1) is 29.5 Å². The number of phenols is 1. The summed E-state index contributed by atoms with van der Waals surface area (Å²) in [7, 11) is 0. The molecule has 2 saturated heterocycles. The number of phenolic OH excluding ortho intramolecular Hbond substituents is 1. The van der Waals surface area contributed by atoms with Crippen molar-refractivity contribution < 1.29 is 46.6 Å². The molecule has 282 valence electrons. The summed E-state index contributed by atoms with van der Waals surface area (Å²) in [5, 5.41) is 12.6. The summed E-state index contributed by atoms with van der Waals surface area (Å²) in [6.45, 7) is 1.97. The van der Waals surface area contributed by atoms with Gasteiger partial charge in [-0.1, -0.05) is 54.4 Å². The maximum atomic E-state index is 15.2. The van der Waals surface area contributed by atoms with Gasteiger partial charge in [-0.2, -0.15) is 5.01 Å².